The second kappa shape index (κ2) is 1.95. The van der Waals surface area contributed by atoms with E-state index in [-0.39, 0.29) is 11.2 Å². The molecule has 2 atom stereocenters. The first-order valence-electron chi connectivity index (χ1n) is 4.79. The predicted molar refractivity (Wildman–Crippen MR) is 49.3 cm³/mol. The standard InChI is InChI=1S/C11H13NO/c1-10-4-5-11(2,13-10)9-7-12-6-3-8(9)10/h3,6-7H,4-5H2,1-2H3. The smallest absolute Gasteiger partial charge is 0.0935 e. The zero-order chi connectivity index (χ0) is 9.10. The Labute approximate surface area is 77.9 Å². The van der Waals surface area contributed by atoms with E-state index in [1.54, 1.807) is 0 Å². The number of aromatic nitrogens is 1. The normalized spacial score (nSPS) is 40.8. The maximum absolute atomic E-state index is 6.08. The van der Waals surface area contributed by atoms with Crippen LogP contribution in [0.15, 0.2) is 18.5 Å². The monoisotopic (exact) mass is 175 g/mol. The van der Waals surface area contributed by atoms with Gasteiger partial charge in [0.15, 0.2) is 0 Å². The van der Waals surface area contributed by atoms with E-state index in [2.05, 4.69) is 24.9 Å². The van der Waals surface area contributed by atoms with E-state index in [1.165, 1.54) is 11.1 Å². The first kappa shape index (κ1) is 7.51. The fourth-order valence-corrected chi connectivity index (χ4v) is 2.73. The van der Waals surface area contributed by atoms with E-state index in [1.807, 2.05) is 12.4 Å². The highest BCUT2D eigenvalue weighted by Crippen LogP contribution is 2.57. The lowest BCUT2D eigenvalue weighted by atomic mass is 9.79. The molecule has 2 aliphatic rings. The third-order valence-electron chi connectivity index (χ3n) is 3.49. The molecule has 0 N–H and O–H groups in total. The van der Waals surface area contributed by atoms with Crippen molar-refractivity contribution in [3.63, 3.8) is 0 Å². The van der Waals surface area contributed by atoms with Crippen LogP contribution in [-0.4, -0.2) is 4.98 Å². The quantitative estimate of drug-likeness (QED) is 0.603. The molecule has 2 aliphatic heterocycles. The second-order valence-electron chi connectivity index (χ2n) is 4.49. The molecule has 2 heteroatoms. The number of rotatable bonds is 0. The average molecular weight is 175 g/mol. The molecular weight excluding hydrogens is 162 g/mol. The molecule has 1 aromatic rings. The van der Waals surface area contributed by atoms with Crippen LogP contribution in [0.25, 0.3) is 0 Å². The number of ether oxygens (including phenoxy) is 1. The van der Waals surface area contributed by atoms with Gasteiger partial charge in [-0.2, -0.15) is 0 Å². The van der Waals surface area contributed by atoms with Crippen molar-refractivity contribution < 1.29 is 4.74 Å². The van der Waals surface area contributed by atoms with Crippen LogP contribution in [-0.2, 0) is 15.9 Å². The number of hydrogen-bond donors (Lipinski definition) is 0. The second-order valence-corrected chi connectivity index (χ2v) is 4.49. The summed E-state index contributed by atoms with van der Waals surface area (Å²) in [7, 11) is 0. The minimum Gasteiger partial charge on any atom is -0.360 e. The lowest BCUT2D eigenvalue weighted by Gasteiger charge is -2.21. The molecule has 2 unspecified atom stereocenters. The molecule has 2 bridgehead atoms. The Morgan fingerprint density at radius 2 is 1.92 bits per heavy atom. The van der Waals surface area contributed by atoms with Gasteiger partial charge in [-0.3, -0.25) is 4.98 Å². The van der Waals surface area contributed by atoms with Gasteiger partial charge < -0.3 is 4.74 Å². The van der Waals surface area contributed by atoms with Gasteiger partial charge in [-0.1, -0.05) is 0 Å². The van der Waals surface area contributed by atoms with Crippen LogP contribution in [0.3, 0.4) is 0 Å². The van der Waals surface area contributed by atoms with Gasteiger partial charge in [0.25, 0.3) is 0 Å². The summed E-state index contributed by atoms with van der Waals surface area (Å²) in [5.74, 6) is 0. The first-order valence-corrected chi connectivity index (χ1v) is 4.79. The Morgan fingerprint density at radius 1 is 1.23 bits per heavy atom. The van der Waals surface area contributed by atoms with E-state index in [0.717, 1.165) is 12.8 Å². The molecule has 0 radical (unpaired) electrons. The summed E-state index contributed by atoms with van der Waals surface area (Å²) < 4.78 is 6.08. The van der Waals surface area contributed by atoms with E-state index < -0.39 is 0 Å². The summed E-state index contributed by atoms with van der Waals surface area (Å²) in [5, 5.41) is 0. The molecule has 0 saturated carbocycles. The van der Waals surface area contributed by atoms with Crippen molar-refractivity contribution in [3.8, 4) is 0 Å². The SMILES string of the molecule is CC12CCC(C)(O1)c1cnccc12. The summed E-state index contributed by atoms with van der Waals surface area (Å²) in [6, 6.07) is 2.10. The third kappa shape index (κ3) is 0.748. The van der Waals surface area contributed by atoms with Gasteiger partial charge in [0.1, 0.15) is 0 Å². The van der Waals surface area contributed by atoms with Gasteiger partial charge >= 0.3 is 0 Å². The molecule has 0 spiro atoms. The summed E-state index contributed by atoms with van der Waals surface area (Å²) in [6.45, 7) is 4.36. The third-order valence-corrected chi connectivity index (χ3v) is 3.49. The van der Waals surface area contributed by atoms with Crippen molar-refractivity contribution in [2.24, 2.45) is 0 Å². The highest BCUT2D eigenvalue weighted by molar-refractivity contribution is 5.41. The van der Waals surface area contributed by atoms with E-state index in [4.69, 9.17) is 4.74 Å². The number of hydrogen-bond acceptors (Lipinski definition) is 2. The molecule has 2 nitrogen and oxygen atoms in total. The van der Waals surface area contributed by atoms with E-state index in [0.29, 0.717) is 0 Å². The van der Waals surface area contributed by atoms with Crippen LogP contribution < -0.4 is 0 Å². The zero-order valence-corrected chi connectivity index (χ0v) is 8.00. The molecule has 0 aliphatic carbocycles. The van der Waals surface area contributed by atoms with Gasteiger partial charge in [-0.05, 0) is 38.3 Å². The molecule has 0 aromatic carbocycles. The molecule has 1 fully saturated rings. The number of pyridine rings is 1. The van der Waals surface area contributed by atoms with Crippen molar-refractivity contribution in [1.29, 1.82) is 0 Å². The summed E-state index contributed by atoms with van der Waals surface area (Å²) in [6.07, 6.45) is 6.08. The lowest BCUT2D eigenvalue weighted by molar-refractivity contribution is -0.0662. The van der Waals surface area contributed by atoms with Crippen LogP contribution in [0.4, 0.5) is 0 Å². The summed E-state index contributed by atoms with van der Waals surface area (Å²) in [4.78, 5) is 4.17. The molecule has 3 heterocycles. The van der Waals surface area contributed by atoms with Crippen molar-refractivity contribution in [1.82, 2.24) is 4.98 Å². The molecule has 1 saturated heterocycles. The zero-order valence-electron chi connectivity index (χ0n) is 8.00. The molecule has 0 amide bonds. The van der Waals surface area contributed by atoms with Gasteiger partial charge in [-0.15, -0.1) is 0 Å². The maximum atomic E-state index is 6.08. The van der Waals surface area contributed by atoms with Crippen molar-refractivity contribution in [2.75, 3.05) is 0 Å². The molecule has 68 valence electrons. The minimum absolute atomic E-state index is 0.0347. The predicted octanol–water partition coefficient (Wildman–Crippen LogP) is 2.34. The molecule has 3 rings (SSSR count). The van der Waals surface area contributed by atoms with Gasteiger partial charge in [0.2, 0.25) is 0 Å². The van der Waals surface area contributed by atoms with Crippen LogP contribution >= 0.6 is 0 Å². The van der Waals surface area contributed by atoms with Crippen LogP contribution in [0.1, 0.15) is 37.8 Å². The highest BCUT2D eigenvalue weighted by Gasteiger charge is 2.54. The highest BCUT2D eigenvalue weighted by atomic mass is 16.5. The average Bonchev–Trinajstić information content (AvgIpc) is 2.55. The topological polar surface area (TPSA) is 22.1 Å². The van der Waals surface area contributed by atoms with Crippen molar-refractivity contribution in [3.05, 3.63) is 29.6 Å². The van der Waals surface area contributed by atoms with Crippen molar-refractivity contribution >= 4 is 0 Å². The Balaban J connectivity index is 2.31. The van der Waals surface area contributed by atoms with Gasteiger partial charge in [0.05, 0.1) is 11.2 Å². The van der Waals surface area contributed by atoms with Gasteiger partial charge in [0, 0.05) is 18.0 Å². The fraction of sp³-hybridized carbons (Fsp3) is 0.545. The number of nitrogens with zero attached hydrogens (tertiary/aromatic N) is 1. The maximum Gasteiger partial charge on any atom is 0.0935 e. The Bertz CT molecular complexity index is 341. The van der Waals surface area contributed by atoms with Gasteiger partial charge in [-0.25, -0.2) is 0 Å². The van der Waals surface area contributed by atoms with Crippen LogP contribution in [0.5, 0.6) is 0 Å². The molecule has 1 aromatic heterocycles. The lowest BCUT2D eigenvalue weighted by Crippen LogP contribution is -2.17. The summed E-state index contributed by atoms with van der Waals surface area (Å²) >= 11 is 0. The minimum atomic E-state index is -0.0572. The summed E-state index contributed by atoms with van der Waals surface area (Å²) in [5.41, 5.74) is 2.55. The van der Waals surface area contributed by atoms with Crippen LogP contribution in [0, 0.1) is 0 Å². The largest absolute Gasteiger partial charge is 0.360 e. The van der Waals surface area contributed by atoms with E-state index >= 15 is 0 Å². The fourth-order valence-electron chi connectivity index (χ4n) is 2.73. The van der Waals surface area contributed by atoms with Crippen molar-refractivity contribution in [2.45, 2.75) is 37.9 Å². The Morgan fingerprint density at radius 3 is 2.62 bits per heavy atom. The van der Waals surface area contributed by atoms with Crippen LogP contribution in [0.2, 0.25) is 0 Å². The first-order chi connectivity index (χ1) is 6.14. The van der Waals surface area contributed by atoms with E-state index in [9.17, 15) is 0 Å². The Kier molecular flexibility index (Phi) is 1.13. The Hall–Kier alpha value is -0.890. The molecular formula is C11H13NO. The number of fused-ring (bicyclic) bond motifs is 5. The molecule has 13 heavy (non-hydrogen) atoms.